The van der Waals surface area contributed by atoms with Crippen LogP contribution >= 0.6 is 0 Å². The van der Waals surface area contributed by atoms with E-state index in [9.17, 15) is 14.0 Å². The molecule has 0 saturated heterocycles. The lowest BCUT2D eigenvalue weighted by molar-refractivity contribution is -0.121. The molecule has 2 heterocycles. The minimum absolute atomic E-state index is 0.0461. The molecule has 41 heavy (non-hydrogen) atoms. The van der Waals surface area contributed by atoms with Gasteiger partial charge in [-0.05, 0) is 68.3 Å². The Morgan fingerprint density at radius 2 is 1.73 bits per heavy atom. The minimum Gasteiger partial charge on any atom is -0.496 e. The third-order valence-corrected chi connectivity index (χ3v) is 7.02. The number of hydrogen-bond donors (Lipinski definition) is 1. The standard InChI is InChI=1S/C32H30FN3O5/c1-19-6-7-21(33)16-27(19)40-18-25-23(10-11-26-29(25)36(4)31(38)32(2,3)35-26)24-9-8-22(17-28(24)39-5)41-30(37)20-12-14-34-15-13-20/h6-17,35H,18H2,1-5H3. The summed E-state index contributed by atoms with van der Waals surface area (Å²) in [5.41, 5.74) is 3.88. The van der Waals surface area contributed by atoms with E-state index in [4.69, 9.17) is 14.2 Å². The fourth-order valence-electron chi connectivity index (χ4n) is 4.92. The number of aromatic nitrogens is 1. The van der Waals surface area contributed by atoms with Crippen LogP contribution < -0.4 is 24.4 Å². The first-order chi connectivity index (χ1) is 19.6. The molecule has 0 aliphatic carbocycles. The van der Waals surface area contributed by atoms with E-state index in [1.54, 1.807) is 48.3 Å². The number of methoxy groups -OCH3 is 1. The van der Waals surface area contributed by atoms with Crippen LogP contribution in [0.15, 0.2) is 73.1 Å². The molecule has 1 aliphatic rings. The molecule has 1 amide bonds. The van der Waals surface area contributed by atoms with E-state index >= 15 is 0 Å². The number of fused-ring (bicyclic) bond motifs is 1. The number of nitrogens with zero attached hydrogens (tertiary/aromatic N) is 2. The van der Waals surface area contributed by atoms with Crippen LogP contribution in [0.4, 0.5) is 15.8 Å². The Kier molecular flexibility index (Phi) is 7.36. The largest absolute Gasteiger partial charge is 0.496 e. The normalized spacial score (nSPS) is 13.7. The third kappa shape index (κ3) is 5.43. The van der Waals surface area contributed by atoms with Gasteiger partial charge in [0.25, 0.3) is 5.91 Å². The predicted molar refractivity (Wildman–Crippen MR) is 154 cm³/mol. The van der Waals surface area contributed by atoms with Crippen LogP contribution in [0.25, 0.3) is 11.1 Å². The molecule has 0 spiro atoms. The average molecular weight is 556 g/mol. The van der Waals surface area contributed by atoms with Crippen molar-refractivity contribution in [1.29, 1.82) is 0 Å². The highest BCUT2D eigenvalue weighted by atomic mass is 19.1. The first kappa shape index (κ1) is 27.6. The van der Waals surface area contributed by atoms with Gasteiger partial charge in [-0.15, -0.1) is 0 Å². The summed E-state index contributed by atoms with van der Waals surface area (Å²) in [4.78, 5) is 31.4. The van der Waals surface area contributed by atoms with Crippen LogP contribution in [0, 0.1) is 12.7 Å². The highest BCUT2D eigenvalue weighted by molar-refractivity contribution is 6.08. The van der Waals surface area contributed by atoms with Gasteiger partial charge in [-0.1, -0.05) is 12.1 Å². The SMILES string of the molecule is COc1cc(OC(=O)c2ccncc2)ccc1-c1ccc2c(c1COc1cc(F)ccc1C)N(C)C(=O)C(C)(C)N2. The Labute approximate surface area is 237 Å². The third-order valence-electron chi connectivity index (χ3n) is 7.02. The van der Waals surface area contributed by atoms with Crippen molar-refractivity contribution < 1.29 is 28.2 Å². The summed E-state index contributed by atoms with van der Waals surface area (Å²) in [6.07, 6.45) is 3.03. The van der Waals surface area contributed by atoms with Crippen LogP contribution in [-0.4, -0.2) is 36.6 Å². The summed E-state index contributed by atoms with van der Waals surface area (Å²) in [5, 5.41) is 3.33. The Morgan fingerprint density at radius 3 is 2.46 bits per heavy atom. The second-order valence-electron chi connectivity index (χ2n) is 10.3. The molecule has 5 rings (SSSR count). The van der Waals surface area contributed by atoms with Gasteiger partial charge in [0.05, 0.1) is 24.0 Å². The Morgan fingerprint density at radius 1 is 1.00 bits per heavy atom. The molecule has 0 bridgehead atoms. The van der Waals surface area contributed by atoms with Crippen LogP contribution in [0.3, 0.4) is 0 Å². The molecule has 0 unspecified atom stereocenters. The van der Waals surface area contributed by atoms with E-state index in [1.807, 2.05) is 32.9 Å². The van der Waals surface area contributed by atoms with Gasteiger partial charge >= 0.3 is 5.97 Å². The van der Waals surface area contributed by atoms with E-state index < -0.39 is 17.3 Å². The number of carbonyl (C=O) groups is 2. The summed E-state index contributed by atoms with van der Waals surface area (Å²) < 4.78 is 31.5. The zero-order chi connectivity index (χ0) is 29.3. The fourth-order valence-corrected chi connectivity index (χ4v) is 4.92. The van der Waals surface area contributed by atoms with Gasteiger partial charge in [0, 0.05) is 42.7 Å². The first-order valence-corrected chi connectivity index (χ1v) is 13.0. The zero-order valence-electron chi connectivity index (χ0n) is 23.4. The minimum atomic E-state index is -0.807. The van der Waals surface area contributed by atoms with Crippen molar-refractivity contribution in [2.45, 2.75) is 32.9 Å². The smallest absolute Gasteiger partial charge is 0.343 e. The van der Waals surface area contributed by atoms with Crippen LogP contribution in [-0.2, 0) is 11.4 Å². The number of carbonyl (C=O) groups excluding carboxylic acids is 2. The monoisotopic (exact) mass is 555 g/mol. The van der Waals surface area contributed by atoms with E-state index in [0.717, 1.165) is 16.8 Å². The number of ether oxygens (including phenoxy) is 3. The number of aryl methyl sites for hydroxylation is 1. The van der Waals surface area contributed by atoms with Gasteiger partial charge in [-0.2, -0.15) is 0 Å². The molecule has 210 valence electrons. The van der Waals surface area contributed by atoms with E-state index in [1.165, 1.54) is 31.6 Å². The lowest BCUT2D eigenvalue weighted by atomic mass is 9.91. The number of likely N-dealkylation sites (N-methyl/N-ethyl adjacent to an activating group) is 1. The predicted octanol–water partition coefficient (Wildman–Crippen LogP) is 6.17. The Balaban J connectivity index is 1.58. The van der Waals surface area contributed by atoms with Crippen molar-refractivity contribution in [1.82, 2.24) is 4.98 Å². The van der Waals surface area contributed by atoms with Crippen molar-refractivity contribution >= 4 is 23.3 Å². The van der Waals surface area contributed by atoms with Gasteiger partial charge in [-0.25, -0.2) is 9.18 Å². The van der Waals surface area contributed by atoms with E-state index in [-0.39, 0.29) is 12.5 Å². The highest BCUT2D eigenvalue weighted by Crippen LogP contribution is 2.45. The molecule has 4 aromatic rings. The maximum absolute atomic E-state index is 14.0. The molecular weight excluding hydrogens is 525 g/mol. The molecule has 3 aromatic carbocycles. The molecule has 1 N–H and O–H groups in total. The molecule has 0 radical (unpaired) electrons. The maximum atomic E-state index is 14.0. The quantitative estimate of drug-likeness (QED) is 0.215. The maximum Gasteiger partial charge on any atom is 0.343 e. The summed E-state index contributed by atoms with van der Waals surface area (Å²) in [5.74, 6) is 0.104. The summed E-state index contributed by atoms with van der Waals surface area (Å²) in [6.45, 7) is 5.53. The Bertz CT molecular complexity index is 1640. The van der Waals surface area contributed by atoms with Gasteiger partial charge in [0.1, 0.15) is 35.2 Å². The molecule has 0 atom stereocenters. The van der Waals surface area contributed by atoms with Gasteiger partial charge in [0.2, 0.25) is 0 Å². The van der Waals surface area contributed by atoms with Gasteiger partial charge < -0.3 is 24.4 Å². The van der Waals surface area contributed by atoms with Crippen LogP contribution in [0.1, 0.15) is 35.3 Å². The van der Waals surface area contributed by atoms with Gasteiger partial charge in [-0.3, -0.25) is 9.78 Å². The number of pyridine rings is 1. The molecule has 9 heteroatoms. The molecular formula is C32H30FN3O5. The van der Waals surface area contributed by atoms with Crippen molar-refractivity contribution in [2.24, 2.45) is 0 Å². The number of amides is 1. The lowest BCUT2D eigenvalue weighted by Crippen LogP contribution is -2.52. The molecule has 1 aliphatic heterocycles. The summed E-state index contributed by atoms with van der Waals surface area (Å²) >= 11 is 0. The van der Waals surface area contributed by atoms with Crippen molar-refractivity contribution in [3.05, 3.63) is 95.6 Å². The zero-order valence-corrected chi connectivity index (χ0v) is 23.4. The number of esters is 1. The second-order valence-corrected chi connectivity index (χ2v) is 10.3. The highest BCUT2D eigenvalue weighted by Gasteiger charge is 2.38. The fraction of sp³-hybridized carbons (Fsp3) is 0.219. The Hall–Kier alpha value is -4.92. The number of rotatable bonds is 7. The first-order valence-electron chi connectivity index (χ1n) is 13.0. The van der Waals surface area contributed by atoms with E-state index in [2.05, 4.69) is 10.3 Å². The number of anilines is 2. The molecule has 0 saturated carbocycles. The number of nitrogens with one attached hydrogen (secondary N) is 1. The van der Waals surface area contributed by atoms with Crippen molar-refractivity contribution in [3.63, 3.8) is 0 Å². The van der Waals surface area contributed by atoms with Crippen LogP contribution in [0.5, 0.6) is 17.2 Å². The lowest BCUT2D eigenvalue weighted by Gasteiger charge is -2.39. The summed E-state index contributed by atoms with van der Waals surface area (Å²) in [6, 6.07) is 16.4. The van der Waals surface area contributed by atoms with Crippen molar-refractivity contribution in [3.8, 4) is 28.4 Å². The molecule has 8 nitrogen and oxygen atoms in total. The molecule has 0 fully saturated rings. The number of halogens is 1. The average Bonchev–Trinajstić information content (AvgIpc) is 2.96. The second kappa shape index (κ2) is 10.9. The number of benzene rings is 3. The van der Waals surface area contributed by atoms with Crippen molar-refractivity contribution in [2.75, 3.05) is 24.4 Å². The topological polar surface area (TPSA) is 90.0 Å². The van der Waals surface area contributed by atoms with Crippen LogP contribution in [0.2, 0.25) is 0 Å². The summed E-state index contributed by atoms with van der Waals surface area (Å²) in [7, 11) is 3.25. The molecule has 1 aromatic heterocycles. The van der Waals surface area contributed by atoms with E-state index in [0.29, 0.717) is 39.6 Å². The number of hydrogen-bond acceptors (Lipinski definition) is 7. The van der Waals surface area contributed by atoms with Gasteiger partial charge in [0.15, 0.2) is 0 Å².